The van der Waals surface area contributed by atoms with Crippen LogP contribution in [-0.2, 0) is 4.74 Å². The number of alkyl halides is 9. The van der Waals surface area contributed by atoms with Crippen LogP contribution in [0.1, 0.15) is 32.6 Å². The van der Waals surface area contributed by atoms with E-state index in [1.54, 1.807) is 6.92 Å². The van der Waals surface area contributed by atoms with Gasteiger partial charge in [-0.05, 0) is 25.2 Å². The molecule has 1 aliphatic carbocycles. The maximum Gasteiger partial charge on any atom is 0.440 e. The van der Waals surface area contributed by atoms with Crippen molar-refractivity contribution in [2.45, 2.75) is 62.8 Å². The highest BCUT2D eigenvalue weighted by Gasteiger charge is 2.85. The molecule has 0 aromatic rings. The van der Waals surface area contributed by atoms with E-state index in [4.69, 9.17) is 0 Å². The van der Waals surface area contributed by atoms with Crippen LogP contribution in [0.2, 0.25) is 0 Å². The lowest BCUT2D eigenvalue weighted by atomic mass is 10.0. The van der Waals surface area contributed by atoms with Gasteiger partial charge in [-0.15, -0.1) is 0 Å². The van der Waals surface area contributed by atoms with E-state index in [1.807, 2.05) is 0 Å². The van der Waals surface area contributed by atoms with Crippen molar-refractivity contribution in [3.05, 3.63) is 0 Å². The Labute approximate surface area is 114 Å². The SMILES string of the molecule is CCC1CCC(OC(F)(F)C(F)(C(F)(F)F)C(F)(F)F)C1. The highest BCUT2D eigenvalue weighted by molar-refractivity contribution is 5.02. The Morgan fingerprint density at radius 2 is 1.33 bits per heavy atom. The predicted octanol–water partition coefficient (Wildman–Crippen LogP) is 5.01. The molecule has 0 saturated heterocycles. The van der Waals surface area contributed by atoms with Gasteiger partial charge in [0.1, 0.15) is 0 Å². The van der Waals surface area contributed by atoms with E-state index < -0.39 is 30.2 Å². The molecule has 0 aliphatic heterocycles. The summed E-state index contributed by atoms with van der Waals surface area (Å²) in [5.74, 6) is -0.142. The molecule has 1 aliphatic rings. The minimum absolute atomic E-state index is 0.127. The first kappa shape index (κ1) is 18.4. The van der Waals surface area contributed by atoms with E-state index in [9.17, 15) is 39.5 Å². The lowest BCUT2D eigenvalue weighted by molar-refractivity contribution is -0.454. The molecule has 0 aromatic carbocycles. The van der Waals surface area contributed by atoms with Crippen LogP contribution in [0.5, 0.6) is 0 Å². The lowest BCUT2D eigenvalue weighted by Gasteiger charge is -2.36. The Kier molecular flexibility index (Phi) is 4.82. The summed E-state index contributed by atoms with van der Waals surface area (Å²) in [4.78, 5) is 0. The van der Waals surface area contributed by atoms with Crippen LogP contribution in [0.15, 0.2) is 0 Å². The molecule has 1 rings (SSSR count). The number of hydrogen-bond donors (Lipinski definition) is 0. The fraction of sp³-hybridized carbons (Fsp3) is 1.00. The van der Waals surface area contributed by atoms with Crippen molar-refractivity contribution in [2.24, 2.45) is 5.92 Å². The molecule has 126 valence electrons. The van der Waals surface area contributed by atoms with Crippen LogP contribution in [0.4, 0.5) is 39.5 Å². The smallest absolute Gasteiger partial charge is 0.314 e. The second-order valence-corrected chi connectivity index (χ2v) is 5.00. The van der Waals surface area contributed by atoms with E-state index in [0.717, 1.165) is 0 Å². The van der Waals surface area contributed by atoms with Gasteiger partial charge in [0, 0.05) is 0 Å². The fourth-order valence-electron chi connectivity index (χ4n) is 2.29. The zero-order valence-electron chi connectivity index (χ0n) is 10.8. The third kappa shape index (κ3) is 3.24. The summed E-state index contributed by atoms with van der Waals surface area (Å²) in [6, 6.07) is 0. The first-order valence-corrected chi connectivity index (χ1v) is 6.14. The van der Waals surface area contributed by atoms with Gasteiger partial charge < -0.3 is 4.74 Å². The van der Waals surface area contributed by atoms with Crippen molar-refractivity contribution in [1.82, 2.24) is 0 Å². The van der Waals surface area contributed by atoms with Crippen molar-refractivity contribution in [3.63, 3.8) is 0 Å². The Bertz CT molecular complexity index is 346. The largest absolute Gasteiger partial charge is 0.440 e. The molecule has 2 atom stereocenters. The van der Waals surface area contributed by atoms with Crippen LogP contribution in [0, 0.1) is 5.92 Å². The summed E-state index contributed by atoms with van der Waals surface area (Å²) in [6.45, 7) is 1.69. The maximum atomic E-state index is 13.3. The minimum Gasteiger partial charge on any atom is -0.314 e. The standard InChI is InChI=1S/C11H13F9O/c1-2-6-3-4-7(5-6)21-11(19,20)8(12,9(13,14)15)10(16,17)18/h6-7H,2-5H2,1H3. The number of ether oxygens (including phenoxy) is 1. The Morgan fingerprint density at radius 1 is 0.857 bits per heavy atom. The monoisotopic (exact) mass is 332 g/mol. The van der Waals surface area contributed by atoms with Crippen molar-refractivity contribution in [1.29, 1.82) is 0 Å². The number of halogens is 9. The Morgan fingerprint density at radius 3 is 1.67 bits per heavy atom. The third-order valence-corrected chi connectivity index (χ3v) is 3.57. The average molecular weight is 332 g/mol. The molecular formula is C11H13F9O. The summed E-state index contributed by atoms with van der Waals surface area (Å²) in [7, 11) is 0. The van der Waals surface area contributed by atoms with Gasteiger partial charge in [-0.1, -0.05) is 13.3 Å². The van der Waals surface area contributed by atoms with E-state index in [0.29, 0.717) is 12.8 Å². The maximum absolute atomic E-state index is 13.3. The molecule has 0 aromatic heterocycles. The van der Waals surface area contributed by atoms with Crippen LogP contribution in [-0.4, -0.2) is 30.2 Å². The number of rotatable bonds is 4. The molecule has 2 unspecified atom stereocenters. The highest BCUT2D eigenvalue weighted by atomic mass is 19.4. The Balaban J connectivity index is 3.02. The molecular weight excluding hydrogens is 319 g/mol. The number of hydrogen-bond acceptors (Lipinski definition) is 1. The summed E-state index contributed by atoms with van der Waals surface area (Å²) in [5, 5.41) is 0. The average Bonchev–Trinajstić information content (AvgIpc) is 2.71. The van der Waals surface area contributed by atoms with Crippen LogP contribution < -0.4 is 0 Å². The van der Waals surface area contributed by atoms with Gasteiger partial charge in [0.05, 0.1) is 6.10 Å². The molecule has 0 spiro atoms. The molecule has 0 amide bonds. The fourth-order valence-corrected chi connectivity index (χ4v) is 2.29. The first-order chi connectivity index (χ1) is 9.26. The van der Waals surface area contributed by atoms with E-state index in [1.165, 1.54) is 0 Å². The third-order valence-electron chi connectivity index (χ3n) is 3.57. The normalized spacial score (nSPS) is 25.4. The highest BCUT2D eigenvalue weighted by Crippen LogP contribution is 2.55. The van der Waals surface area contributed by atoms with Crippen molar-refractivity contribution in [2.75, 3.05) is 0 Å². The van der Waals surface area contributed by atoms with Gasteiger partial charge in [0.2, 0.25) is 0 Å². The summed E-state index contributed by atoms with van der Waals surface area (Å²) in [6.07, 6.45) is -20.7. The molecule has 1 fully saturated rings. The van der Waals surface area contributed by atoms with Crippen molar-refractivity contribution >= 4 is 0 Å². The van der Waals surface area contributed by atoms with Crippen molar-refractivity contribution < 1.29 is 44.3 Å². The van der Waals surface area contributed by atoms with E-state index in [-0.39, 0.29) is 18.8 Å². The molecule has 1 saturated carbocycles. The zero-order chi connectivity index (χ0) is 16.7. The molecule has 0 radical (unpaired) electrons. The quantitative estimate of drug-likeness (QED) is 0.658. The minimum atomic E-state index is -6.85. The van der Waals surface area contributed by atoms with E-state index >= 15 is 0 Å². The summed E-state index contributed by atoms with van der Waals surface area (Å²) >= 11 is 0. The molecule has 0 bridgehead atoms. The van der Waals surface area contributed by atoms with Gasteiger partial charge in [-0.25, -0.2) is 4.39 Å². The van der Waals surface area contributed by atoms with Gasteiger partial charge in [-0.3, -0.25) is 0 Å². The molecule has 1 nitrogen and oxygen atoms in total. The van der Waals surface area contributed by atoms with Crippen molar-refractivity contribution in [3.8, 4) is 0 Å². The lowest BCUT2D eigenvalue weighted by Crippen LogP contribution is -2.65. The summed E-state index contributed by atoms with van der Waals surface area (Å²) < 4.78 is 117. The van der Waals surface area contributed by atoms with Gasteiger partial charge in [0.15, 0.2) is 0 Å². The molecule has 10 heteroatoms. The van der Waals surface area contributed by atoms with Gasteiger partial charge in [-0.2, -0.15) is 35.1 Å². The predicted molar refractivity (Wildman–Crippen MR) is 53.4 cm³/mol. The molecule has 0 N–H and O–H groups in total. The second-order valence-electron chi connectivity index (χ2n) is 5.00. The first-order valence-electron chi connectivity index (χ1n) is 6.14. The van der Waals surface area contributed by atoms with E-state index in [2.05, 4.69) is 4.74 Å². The topological polar surface area (TPSA) is 9.23 Å². The summed E-state index contributed by atoms with van der Waals surface area (Å²) in [5.41, 5.74) is -6.74. The van der Waals surface area contributed by atoms with Gasteiger partial charge in [0.25, 0.3) is 0 Å². The Hall–Kier alpha value is -0.670. The van der Waals surface area contributed by atoms with Crippen LogP contribution in [0.25, 0.3) is 0 Å². The van der Waals surface area contributed by atoms with Crippen LogP contribution >= 0.6 is 0 Å². The molecule has 21 heavy (non-hydrogen) atoms. The van der Waals surface area contributed by atoms with Crippen LogP contribution in [0.3, 0.4) is 0 Å². The zero-order valence-corrected chi connectivity index (χ0v) is 10.8. The second kappa shape index (κ2) is 5.51. The van der Waals surface area contributed by atoms with Gasteiger partial charge >= 0.3 is 24.1 Å². The molecule has 0 heterocycles.